The molecule has 0 radical (unpaired) electrons. The van der Waals surface area contributed by atoms with Gasteiger partial charge in [-0.25, -0.2) is 8.51 Å². The summed E-state index contributed by atoms with van der Waals surface area (Å²) in [6.07, 6.45) is 0. The van der Waals surface area contributed by atoms with E-state index in [4.69, 9.17) is 0 Å². The second kappa shape index (κ2) is 3.67. The third kappa shape index (κ3) is 1.94. The van der Waals surface area contributed by atoms with Crippen LogP contribution in [-0.4, -0.2) is 19.8 Å². The molecule has 2 rings (SSSR count). The summed E-state index contributed by atoms with van der Waals surface area (Å²) in [5.41, 5.74) is 1.23. The molecule has 1 aromatic carbocycles. The van der Waals surface area contributed by atoms with Gasteiger partial charge in [-0.05, 0) is 33.3 Å². The van der Waals surface area contributed by atoms with Gasteiger partial charge in [0.2, 0.25) is 0 Å². The van der Waals surface area contributed by atoms with E-state index in [1.807, 2.05) is 39.0 Å². The van der Waals surface area contributed by atoms with Gasteiger partial charge in [-0.3, -0.25) is 0 Å². The Morgan fingerprint density at radius 3 is 2.31 bits per heavy atom. The van der Waals surface area contributed by atoms with Crippen molar-refractivity contribution in [1.82, 2.24) is 4.31 Å². The number of rotatable bonds is 2. The molecule has 88 valence electrons. The minimum Gasteiger partial charge on any atom is -0.242 e. The molecule has 1 saturated heterocycles. The lowest BCUT2D eigenvalue weighted by atomic mass is 10.0. The van der Waals surface area contributed by atoms with Gasteiger partial charge >= 0.3 is 0 Å². The molecule has 1 unspecified atom stereocenters. The molecule has 0 saturated carbocycles. The molecule has 0 amide bonds. The first kappa shape index (κ1) is 11.8. The summed E-state index contributed by atoms with van der Waals surface area (Å²) < 4.78 is 14.2. The molecule has 2 nitrogen and oxygen atoms in total. The second-order valence-electron chi connectivity index (χ2n) is 5.54. The lowest BCUT2D eigenvalue weighted by molar-refractivity contribution is 0.563. The van der Waals surface area contributed by atoms with Gasteiger partial charge in [-0.2, -0.15) is 0 Å². The number of hydrogen-bond acceptors (Lipinski definition) is 1. The fraction of sp³-hybridized carbons (Fsp3) is 0.538. The summed E-state index contributed by atoms with van der Waals surface area (Å²) in [4.78, 5) is 0. The summed E-state index contributed by atoms with van der Waals surface area (Å²) in [6.45, 7) is 9.11. The third-order valence-corrected chi connectivity index (χ3v) is 5.00. The monoisotopic (exact) mass is 237 g/mol. The first-order valence-corrected chi connectivity index (χ1v) is 6.71. The first-order valence-electron chi connectivity index (χ1n) is 5.61. The van der Waals surface area contributed by atoms with Crippen molar-refractivity contribution in [3.8, 4) is 0 Å². The largest absolute Gasteiger partial charge is 0.242 e. The van der Waals surface area contributed by atoms with Crippen molar-refractivity contribution in [1.29, 1.82) is 0 Å². The predicted molar refractivity (Wildman–Crippen MR) is 68.4 cm³/mol. The van der Waals surface area contributed by atoms with Crippen LogP contribution in [0, 0.1) is 0 Å². The van der Waals surface area contributed by atoms with E-state index in [0.717, 1.165) is 6.54 Å². The van der Waals surface area contributed by atoms with Gasteiger partial charge in [0.1, 0.15) is 11.0 Å². The summed E-state index contributed by atoms with van der Waals surface area (Å²) in [5, 5.41) is 0. The minimum absolute atomic E-state index is 0.0284. The van der Waals surface area contributed by atoms with Crippen molar-refractivity contribution < 1.29 is 4.21 Å². The van der Waals surface area contributed by atoms with Crippen molar-refractivity contribution in [2.75, 3.05) is 6.54 Å². The molecule has 1 fully saturated rings. The standard InChI is InChI=1S/C13H19NOS/c1-12(2,3)16(15)14-10-13(14,4)11-8-6-5-7-9-11/h5-9H,10H2,1-4H3/t13-,14?,16-/m1/s1. The molecule has 1 heterocycles. The van der Waals surface area contributed by atoms with E-state index in [1.54, 1.807) is 0 Å². The highest BCUT2D eigenvalue weighted by atomic mass is 32.2. The van der Waals surface area contributed by atoms with Crippen molar-refractivity contribution in [2.24, 2.45) is 0 Å². The molecule has 0 N–H and O–H groups in total. The molecule has 16 heavy (non-hydrogen) atoms. The highest BCUT2D eigenvalue weighted by molar-refractivity contribution is 7.84. The van der Waals surface area contributed by atoms with E-state index < -0.39 is 11.0 Å². The summed E-state index contributed by atoms with van der Waals surface area (Å²) >= 11 is 0. The Bertz CT molecular complexity index is 410. The molecule has 1 aliphatic heterocycles. The molecule has 1 aromatic rings. The Morgan fingerprint density at radius 2 is 1.81 bits per heavy atom. The zero-order valence-electron chi connectivity index (χ0n) is 10.4. The van der Waals surface area contributed by atoms with E-state index in [1.165, 1.54) is 5.56 Å². The molecular weight excluding hydrogens is 218 g/mol. The second-order valence-corrected chi connectivity index (χ2v) is 7.70. The lowest BCUT2D eigenvalue weighted by Gasteiger charge is -2.21. The summed E-state index contributed by atoms with van der Waals surface area (Å²) in [7, 11) is -0.915. The molecule has 0 spiro atoms. The van der Waals surface area contributed by atoms with E-state index >= 15 is 0 Å². The van der Waals surface area contributed by atoms with Crippen LogP contribution in [0.5, 0.6) is 0 Å². The van der Waals surface area contributed by atoms with Crippen LogP contribution in [0.3, 0.4) is 0 Å². The number of benzene rings is 1. The van der Waals surface area contributed by atoms with Gasteiger partial charge < -0.3 is 0 Å². The summed E-state index contributed by atoms with van der Waals surface area (Å²) in [5.74, 6) is 0. The fourth-order valence-corrected chi connectivity index (χ4v) is 3.35. The number of nitrogens with zero attached hydrogens (tertiary/aromatic N) is 1. The molecule has 0 aromatic heterocycles. The molecule has 3 heteroatoms. The van der Waals surface area contributed by atoms with E-state index in [9.17, 15) is 4.21 Å². The lowest BCUT2D eigenvalue weighted by Crippen LogP contribution is -2.29. The Labute approximate surface area is 100 Å². The minimum atomic E-state index is -0.915. The Morgan fingerprint density at radius 1 is 1.25 bits per heavy atom. The highest BCUT2D eigenvalue weighted by Crippen LogP contribution is 2.45. The van der Waals surface area contributed by atoms with Gasteiger partial charge in [0.15, 0.2) is 0 Å². The maximum absolute atomic E-state index is 12.3. The van der Waals surface area contributed by atoms with Crippen LogP contribution in [0.2, 0.25) is 0 Å². The average Bonchev–Trinajstić information content (AvgIpc) is 2.91. The van der Waals surface area contributed by atoms with Crippen LogP contribution in [0.4, 0.5) is 0 Å². The third-order valence-electron chi connectivity index (χ3n) is 3.02. The topological polar surface area (TPSA) is 20.1 Å². The molecule has 0 bridgehead atoms. The maximum Gasteiger partial charge on any atom is 0.101 e. The SMILES string of the molecule is CC(C)(C)[S@@](=O)N1C[C@]1(C)c1ccccc1. The van der Waals surface area contributed by atoms with Crippen molar-refractivity contribution in [3.63, 3.8) is 0 Å². The van der Waals surface area contributed by atoms with Crippen LogP contribution >= 0.6 is 0 Å². The van der Waals surface area contributed by atoms with Crippen LogP contribution in [0.1, 0.15) is 33.3 Å². The highest BCUT2D eigenvalue weighted by Gasteiger charge is 2.54. The Balaban J connectivity index is 2.19. The van der Waals surface area contributed by atoms with Crippen LogP contribution in [0.15, 0.2) is 30.3 Å². The summed E-state index contributed by atoms with van der Waals surface area (Å²) in [6, 6.07) is 10.3. The van der Waals surface area contributed by atoms with Gasteiger partial charge in [-0.15, -0.1) is 0 Å². The van der Waals surface area contributed by atoms with E-state index in [2.05, 4.69) is 23.4 Å². The maximum atomic E-state index is 12.3. The van der Waals surface area contributed by atoms with E-state index in [0.29, 0.717) is 0 Å². The van der Waals surface area contributed by atoms with Crippen molar-refractivity contribution in [3.05, 3.63) is 35.9 Å². The zero-order valence-corrected chi connectivity index (χ0v) is 11.2. The smallest absolute Gasteiger partial charge is 0.101 e. The first-order chi connectivity index (χ1) is 7.36. The normalized spacial score (nSPS) is 31.1. The van der Waals surface area contributed by atoms with Crippen molar-refractivity contribution in [2.45, 2.75) is 38.0 Å². The van der Waals surface area contributed by atoms with Crippen LogP contribution in [-0.2, 0) is 16.5 Å². The molecule has 1 aliphatic rings. The Kier molecular flexibility index (Phi) is 2.71. The van der Waals surface area contributed by atoms with E-state index in [-0.39, 0.29) is 10.3 Å². The van der Waals surface area contributed by atoms with Gasteiger partial charge in [-0.1, -0.05) is 30.3 Å². The Hall–Kier alpha value is -0.670. The molecular formula is C13H19NOS. The van der Waals surface area contributed by atoms with Gasteiger partial charge in [0.25, 0.3) is 0 Å². The van der Waals surface area contributed by atoms with Gasteiger partial charge in [0.05, 0.1) is 10.3 Å². The predicted octanol–water partition coefficient (Wildman–Crippen LogP) is 2.68. The quantitative estimate of drug-likeness (QED) is 0.724. The fourth-order valence-electron chi connectivity index (χ4n) is 1.85. The molecule has 3 atom stereocenters. The number of hydrogen-bond donors (Lipinski definition) is 0. The van der Waals surface area contributed by atoms with Crippen molar-refractivity contribution >= 4 is 11.0 Å². The van der Waals surface area contributed by atoms with Gasteiger partial charge in [0, 0.05) is 6.54 Å². The molecule has 0 aliphatic carbocycles. The van der Waals surface area contributed by atoms with Crippen LogP contribution < -0.4 is 0 Å². The van der Waals surface area contributed by atoms with Crippen LogP contribution in [0.25, 0.3) is 0 Å². The zero-order chi connectivity index (χ0) is 12.0. The average molecular weight is 237 g/mol.